The van der Waals surface area contributed by atoms with Gasteiger partial charge in [-0.3, -0.25) is 4.79 Å². The molecule has 0 unspecified atom stereocenters. The highest BCUT2D eigenvalue weighted by Crippen LogP contribution is 2.45. The van der Waals surface area contributed by atoms with Gasteiger partial charge in [0.15, 0.2) is 5.78 Å². The smallest absolute Gasteiger partial charge is 0.331 e. The third-order valence-corrected chi connectivity index (χ3v) is 6.80. The van der Waals surface area contributed by atoms with E-state index in [0.717, 1.165) is 48.8 Å². The minimum absolute atomic E-state index is 0.00753. The van der Waals surface area contributed by atoms with Gasteiger partial charge in [0.2, 0.25) is 0 Å². The first-order valence-corrected chi connectivity index (χ1v) is 10.7. The summed E-state index contributed by atoms with van der Waals surface area (Å²) in [6, 6.07) is 0. The Kier molecular flexibility index (Phi) is 8.21. The van der Waals surface area contributed by atoms with Gasteiger partial charge >= 0.3 is 5.97 Å². The molecule has 0 aromatic heterocycles. The van der Waals surface area contributed by atoms with Crippen molar-refractivity contribution in [2.24, 2.45) is 11.3 Å². The van der Waals surface area contributed by atoms with Gasteiger partial charge < -0.3 is 9.84 Å². The number of aliphatic hydroxyl groups excluding tert-OH is 1. The van der Waals surface area contributed by atoms with Gasteiger partial charge in [0.1, 0.15) is 6.61 Å². The summed E-state index contributed by atoms with van der Waals surface area (Å²) in [4.78, 5) is 22.8. The van der Waals surface area contributed by atoms with Crippen LogP contribution in [0.1, 0.15) is 72.6 Å². The van der Waals surface area contributed by atoms with Crippen molar-refractivity contribution in [1.29, 1.82) is 0 Å². The number of cyclic esters (lactones) is 1. The number of ether oxygens (including phenoxy) is 1. The molecule has 0 radical (unpaired) electrons. The molecule has 1 N–H and O–H groups in total. The van der Waals surface area contributed by atoms with Gasteiger partial charge in [0, 0.05) is 12.5 Å². The molecule has 0 aromatic rings. The number of aliphatic hydroxyl groups is 1. The number of ketones is 1. The summed E-state index contributed by atoms with van der Waals surface area (Å²) < 4.78 is 4.91. The quantitative estimate of drug-likeness (QED) is 0.403. The highest BCUT2D eigenvalue weighted by molar-refractivity contribution is 5.91. The molecule has 0 spiro atoms. The SMILES string of the molecule is C=C(CC[C@@]1(C)C(C)=CC(=O)C[C@H]1C)[C@H](O)CC/C(C)=C/CCC1=CC(=O)OC1. The molecule has 0 aromatic carbocycles. The van der Waals surface area contributed by atoms with Gasteiger partial charge in [0.05, 0.1) is 6.10 Å². The standard InChI is InChI=1S/C25H36O4/c1-17(7-6-8-21-15-24(28)29-16-21)9-10-23(27)18(2)11-12-25(5)19(3)13-22(26)14-20(25)4/h7,13,15,20,23,27H,2,6,8-12,14,16H2,1,3-5H3/b17-7+/t20-,23-,25+/m1/s1. The van der Waals surface area contributed by atoms with E-state index in [0.29, 0.717) is 25.4 Å². The number of rotatable bonds is 10. The second-order valence-electron chi connectivity index (χ2n) is 9.03. The van der Waals surface area contributed by atoms with Crippen LogP contribution in [0.2, 0.25) is 0 Å². The summed E-state index contributed by atoms with van der Waals surface area (Å²) in [5.41, 5.74) is 4.30. The Balaban J connectivity index is 1.75. The Morgan fingerprint density at radius 1 is 1.38 bits per heavy atom. The van der Waals surface area contributed by atoms with E-state index in [4.69, 9.17) is 4.74 Å². The zero-order valence-corrected chi connectivity index (χ0v) is 18.4. The minimum Gasteiger partial charge on any atom is -0.458 e. The molecule has 1 aliphatic carbocycles. The van der Waals surface area contributed by atoms with Crippen molar-refractivity contribution in [2.75, 3.05) is 6.61 Å². The van der Waals surface area contributed by atoms with E-state index in [2.05, 4.69) is 33.4 Å². The molecule has 2 rings (SSSR count). The van der Waals surface area contributed by atoms with Gasteiger partial charge in [0.25, 0.3) is 0 Å². The van der Waals surface area contributed by atoms with Gasteiger partial charge in [-0.05, 0) is 80.9 Å². The fourth-order valence-electron chi connectivity index (χ4n) is 4.14. The van der Waals surface area contributed by atoms with E-state index in [1.54, 1.807) is 12.2 Å². The topological polar surface area (TPSA) is 63.6 Å². The van der Waals surface area contributed by atoms with Crippen molar-refractivity contribution in [3.05, 3.63) is 47.1 Å². The maximum absolute atomic E-state index is 11.8. The van der Waals surface area contributed by atoms with Crippen LogP contribution in [0.3, 0.4) is 0 Å². The second-order valence-corrected chi connectivity index (χ2v) is 9.03. The van der Waals surface area contributed by atoms with Crippen molar-refractivity contribution < 1.29 is 19.4 Å². The van der Waals surface area contributed by atoms with E-state index in [9.17, 15) is 14.7 Å². The first-order chi connectivity index (χ1) is 13.6. The molecule has 2 aliphatic rings. The lowest BCUT2D eigenvalue weighted by molar-refractivity contribution is -0.135. The lowest BCUT2D eigenvalue weighted by Gasteiger charge is -2.40. The molecule has 1 aliphatic heterocycles. The molecule has 29 heavy (non-hydrogen) atoms. The lowest BCUT2D eigenvalue weighted by atomic mass is 9.64. The van der Waals surface area contributed by atoms with E-state index < -0.39 is 6.10 Å². The third kappa shape index (κ3) is 6.53. The molecule has 3 atom stereocenters. The van der Waals surface area contributed by atoms with Crippen molar-refractivity contribution in [1.82, 2.24) is 0 Å². The predicted molar refractivity (Wildman–Crippen MR) is 116 cm³/mol. The molecule has 0 saturated carbocycles. The largest absolute Gasteiger partial charge is 0.458 e. The molecule has 160 valence electrons. The van der Waals surface area contributed by atoms with Crippen LogP contribution in [0.5, 0.6) is 0 Å². The zero-order valence-electron chi connectivity index (χ0n) is 18.4. The van der Waals surface area contributed by atoms with Gasteiger partial charge in [-0.2, -0.15) is 0 Å². The number of allylic oxidation sites excluding steroid dienone is 4. The summed E-state index contributed by atoms with van der Waals surface area (Å²) in [6.07, 6.45) is 10.5. The van der Waals surface area contributed by atoms with E-state index in [-0.39, 0.29) is 17.2 Å². The second kappa shape index (κ2) is 10.2. The molecule has 1 heterocycles. The van der Waals surface area contributed by atoms with Gasteiger partial charge in [-0.1, -0.05) is 37.6 Å². The van der Waals surface area contributed by atoms with Crippen LogP contribution in [-0.4, -0.2) is 29.6 Å². The normalized spacial score (nSPS) is 26.1. The van der Waals surface area contributed by atoms with Crippen LogP contribution in [0, 0.1) is 11.3 Å². The zero-order chi connectivity index (χ0) is 21.6. The maximum atomic E-state index is 11.8. The van der Waals surface area contributed by atoms with Crippen LogP contribution < -0.4 is 0 Å². The molecule has 0 amide bonds. The minimum atomic E-state index is -0.504. The average molecular weight is 401 g/mol. The number of hydrogen-bond donors (Lipinski definition) is 1. The molecule has 4 nitrogen and oxygen atoms in total. The van der Waals surface area contributed by atoms with Crippen molar-refractivity contribution in [3.63, 3.8) is 0 Å². The lowest BCUT2D eigenvalue weighted by Crippen LogP contribution is -2.33. The van der Waals surface area contributed by atoms with E-state index in [1.165, 1.54) is 5.57 Å². The number of carbonyl (C=O) groups excluding carboxylic acids is 2. The summed E-state index contributed by atoms with van der Waals surface area (Å²) in [7, 11) is 0. The van der Waals surface area contributed by atoms with Crippen LogP contribution in [0.4, 0.5) is 0 Å². The highest BCUT2D eigenvalue weighted by atomic mass is 16.5. The molecule has 0 fully saturated rings. The van der Waals surface area contributed by atoms with Crippen molar-refractivity contribution in [2.45, 2.75) is 78.7 Å². The Morgan fingerprint density at radius 3 is 2.72 bits per heavy atom. The van der Waals surface area contributed by atoms with Crippen LogP contribution in [-0.2, 0) is 14.3 Å². The number of esters is 1. The van der Waals surface area contributed by atoms with Crippen LogP contribution in [0.15, 0.2) is 47.1 Å². The molecular formula is C25H36O4. The molecule has 0 bridgehead atoms. The summed E-state index contributed by atoms with van der Waals surface area (Å²) in [6.45, 7) is 13.0. The van der Waals surface area contributed by atoms with Gasteiger partial charge in [-0.25, -0.2) is 4.79 Å². The third-order valence-electron chi connectivity index (χ3n) is 6.80. The monoisotopic (exact) mass is 400 g/mol. The Hall–Kier alpha value is -1.94. The number of carbonyl (C=O) groups is 2. The van der Waals surface area contributed by atoms with Crippen LogP contribution in [0.25, 0.3) is 0 Å². The summed E-state index contributed by atoms with van der Waals surface area (Å²) in [5.74, 6) is 0.291. The van der Waals surface area contributed by atoms with E-state index >= 15 is 0 Å². The Morgan fingerprint density at radius 2 is 2.10 bits per heavy atom. The average Bonchev–Trinajstić information content (AvgIpc) is 3.07. The fraction of sp³-hybridized carbons (Fsp3) is 0.600. The van der Waals surface area contributed by atoms with Gasteiger partial charge in [-0.15, -0.1) is 0 Å². The number of hydrogen-bond acceptors (Lipinski definition) is 4. The van der Waals surface area contributed by atoms with Crippen molar-refractivity contribution in [3.8, 4) is 0 Å². The Labute approximate surface area is 175 Å². The molecular weight excluding hydrogens is 364 g/mol. The maximum Gasteiger partial charge on any atom is 0.331 e. The first kappa shape index (κ1) is 23.3. The van der Waals surface area contributed by atoms with E-state index in [1.807, 2.05) is 6.92 Å². The summed E-state index contributed by atoms with van der Waals surface area (Å²) in [5, 5.41) is 10.5. The van der Waals surface area contributed by atoms with Crippen molar-refractivity contribution >= 4 is 11.8 Å². The molecule has 4 heteroatoms. The van der Waals surface area contributed by atoms with Crippen LogP contribution >= 0.6 is 0 Å². The first-order valence-electron chi connectivity index (χ1n) is 10.7. The predicted octanol–water partition coefficient (Wildman–Crippen LogP) is 5.24. The fourth-order valence-corrected chi connectivity index (χ4v) is 4.14. The highest BCUT2D eigenvalue weighted by Gasteiger charge is 2.37. The summed E-state index contributed by atoms with van der Waals surface area (Å²) >= 11 is 0. The molecule has 0 saturated heterocycles. The Bertz CT molecular complexity index is 740.